The van der Waals surface area contributed by atoms with Crippen molar-refractivity contribution in [2.75, 3.05) is 6.54 Å². The second kappa shape index (κ2) is 8.63. The number of ether oxygens (including phenoxy) is 1. The summed E-state index contributed by atoms with van der Waals surface area (Å²) < 4.78 is 10.6. The summed E-state index contributed by atoms with van der Waals surface area (Å²) in [4.78, 5) is 11.6. The number of carbonyl (C=O) groups excluding carboxylic acids is 1. The summed E-state index contributed by atoms with van der Waals surface area (Å²) in [6.45, 7) is 0.260. The molecular formula is C15H15ClNO3P. The molecule has 0 aliphatic heterocycles. The average Bonchev–Trinajstić information content (AvgIpc) is 2.53. The monoisotopic (exact) mass is 323 g/mol. The molecule has 6 heteroatoms. The van der Waals surface area contributed by atoms with Gasteiger partial charge in [-0.05, 0) is 28.9 Å². The topological polar surface area (TPSA) is 47.6 Å². The maximum atomic E-state index is 11.6. The van der Waals surface area contributed by atoms with Crippen molar-refractivity contribution in [2.45, 2.75) is 6.61 Å². The molecule has 0 saturated carbocycles. The lowest BCUT2D eigenvalue weighted by Gasteiger charge is -2.12. The number of hydrogen-bond acceptors (Lipinski definition) is 4. The van der Waals surface area contributed by atoms with E-state index in [9.17, 15) is 4.79 Å². The fourth-order valence-electron chi connectivity index (χ4n) is 1.52. The van der Waals surface area contributed by atoms with Gasteiger partial charge in [-0.3, -0.25) is 4.79 Å². The van der Waals surface area contributed by atoms with E-state index in [1.165, 1.54) is 0 Å². The maximum absolute atomic E-state index is 11.6. The predicted molar refractivity (Wildman–Crippen MR) is 84.1 cm³/mol. The molecule has 2 aromatic rings. The average molecular weight is 324 g/mol. The molecule has 0 heterocycles. The number of para-hydroxylation sites is 1. The van der Waals surface area contributed by atoms with Gasteiger partial charge in [-0.2, -0.15) is 0 Å². The SMILES string of the molecule is O=C(CNP(Cl)Oc1ccccc1)OCc1ccccc1. The van der Waals surface area contributed by atoms with Crippen molar-refractivity contribution < 1.29 is 14.1 Å². The maximum Gasteiger partial charge on any atom is 0.320 e. The highest BCUT2D eigenvalue weighted by molar-refractivity contribution is 7.78. The standard InChI is InChI=1S/C15H15ClNO3P/c16-21(20-14-9-5-2-6-10-14)17-11-15(18)19-12-13-7-3-1-4-8-13/h1-10,17H,11-12H2. The van der Waals surface area contributed by atoms with Gasteiger partial charge in [0.25, 0.3) is 7.65 Å². The van der Waals surface area contributed by atoms with E-state index >= 15 is 0 Å². The fourth-order valence-corrected chi connectivity index (χ4v) is 2.57. The number of hydrogen-bond donors (Lipinski definition) is 1. The lowest BCUT2D eigenvalue weighted by Crippen LogP contribution is -2.20. The smallest absolute Gasteiger partial charge is 0.320 e. The second-order valence-electron chi connectivity index (χ2n) is 4.13. The van der Waals surface area contributed by atoms with Crippen LogP contribution in [0.3, 0.4) is 0 Å². The van der Waals surface area contributed by atoms with Crippen molar-refractivity contribution in [3.63, 3.8) is 0 Å². The van der Waals surface area contributed by atoms with Gasteiger partial charge in [0.15, 0.2) is 0 Å². The van der Waals surface area contributed by atoms with Gasteiger partial charge in [-0.25, -0.2) is 5.09 Å². The van der Waals surface area contributed by atoms with Crippen molar-refractivity contribution in [1.82, 2.24) is 5.09 Å². The Hall–Kier alpha value is -1.61. The van der Waals surface area contributed by atoms with Crippen LogP contribution < -0.4 is 9.61 Å². The van der Waals surface area contributed by atoms with Gasteiger partial charge in [0, 0.05) is 0 Å². The van der Waals surface area contributed by atoms with E-state index < -0.39 is 7.65 Å². The molecule has 0 bridgehead atoms. The van der Waals surface area contributed by atoms with Crippen LogP contribution in [-0.2, 0) is 16.1 Å². The van der Waals surface area contributed by atoms with Gasteiger partial charge >= 0.3 is 5.97 Å². The first kappa shape index (κ1) is 15.8. The normalized spacial score (nSPS) is 11.7. The van der Waals surface area contributed by atoms with E-state index in [2.05, 4.69) is 5.09 Å². The molecule has 4 nitrogen and oxygen atoms in total. The third kappa shape index (κ3) is 6.13. The quantitative estimate of drug-likeness (QED) is 0.621. The van der Waals surface area contributed by atoms with Gasteiger partial charge in [0.1, 0.15) is 18.9 Å². The number of esters is 1. The van der Waals surface area contributed by atoms with Gasteiger partial charge in [-0.15, -0.1) is 0 Å². The van der Waals surface area contributed by atoms with Crippen molar-refractivity contribution in [1.29, 1.82) is 0 Å². The predicted octanol–water partition coefficient (Wildman–Crippen LogP) is 3.86. The number of nitrogens with one attached hydrogen (secondary N) is 1. The molecule has 2 aromatic carbocycles. The Labute approximate surface area is 129 Å². The lowest BCUT2D eigenvalue weighted by atomic mass is 10.2. The summed E-state index contributed by atoms with van der Waals surface area (Å²) in [5.41, 5.74) is 0.944. The van der Waals surface area contributed by atoms with Crippen LogP contribution in [-0.4, -0.2) is 12.5 Å². The molecule has 0 aliphatic carbocycles. The lowest BCUT2D eigenvalue weighted by molar-refractivity contribution is -0.143. The highest BCUT2D eigenvalue weighted by Gasteiger charge is 2.10. The first-order valence-electron chi connectivity index (χ1n) is 6.36. The zero-order valence-corrected chi connectivity index (χ0v) is 12.9. The molecule has 1 atom stereocenters. The number of benzene rings is 2. The third-order valence-electron chi connectivity index (χ3n) is 2.52. The van der Waals surface area contributed by atoms with Crippen LogP contribution in [0.1, 0.15) is 5.56 Å². The minimum atomic E-state index is -1.43. The summed E-state index contributed by atoms with van der Waals surface area (Å²) in [6, 6.07) is 18.7. The molecular weight excluding hydrogens is 309 g/mol. The number of rotatable bonds is 7. The van der Waals surface area contributed by atoms with Gasteiger partial charge in [0.2, 0.25) is 0 Å². The van der Waals surface area contributed by atoms with Gasteiger partial charge in [0.05, 0.1) is 0 Å². The second-order valence-corrected chi connectivity index (χ2v) is 6.04. The summed E-state index contributed by atoms with van der Waals surface area (Å²) in [6.07, 6.45) is 0. The molecule has 0 amide bonds. The van der Waals surface area contributed by atoms with Crippen LogP contribution in [0.2, 0.25) is 0 Å². The van der Waals surface area contributed by atoms with Crippen molar-refractivity contribution in [3.05, 3.63) is 66.2 Å². The first-order valence-corrected chi connectivity index (χ1v) is 8.52. The van der Waals surface area contributed by atoms with E-state index in [0.717, 1.165) is 5.56 Å². The molecule has 0 saturated heterocycles. The van der Waals surface area contributed by atoms with Crippen LogP contribution in [0.4, 0.5) is 0 Å². The summed E-state index contributed by atoms with van der Waals surface area (Å²) in [7, 11) is -1.43. The molecule has 0 radical (unpaired) electrons. The van der Waals surface area contributed by atoms with E-state index in [0.29, 0.717) is 5.75 Å². The molecule has 0 fully saturated rings. The van der Waals surface area contributed by atoms with Crippen molar-refractivity contribution in [2.24, 2.45) is 0 Å². The minimum Gasteiger partial charge on any atom is -0.460 e. The Morgan fingerprint density at radius 2 is 1.67 bits per heavy atom. The van der Waals surface area contributed by atoms with Gasteiger partial charge < -0.3 is 9.26 Å². The van der Waals surface area contributed by atoms with Crippen LogP contribution in [0.25, 0.3) is 0 Å². The van der Waals surface area contributed by atoms with E-state index in [1.807, 2.05) is 48.5 Å². The van der Waals surface area contributed by atoms with E-state index in [-0.39, 0.29) is 19.1 Å². The zero-order valence-electron chi connectivity index (χ0n) is 11.2. The largest absolute Gasteiger partial charge is 0.460 e. The summed E-state index contributed by atoms with van der Waals surface area (Å²) in [5, 5.41) is 2.80. The van der Waals surface area contributed by atoms with Crippen LogP contribution in [0, 0.1) is 0 Å². The van der Waals surface area contributed by atoms with Crippen LogP contribution in [0.15, 0.2) is 60.7 Å². The van der Waals surface area contributed by atoms with Gasteiger partial charge in [-0.1, -0.05) is 48.5 Å². The Morgan fingerprint density at radius 3 is 2.33 bits per heavy atom. The Balaban J connectivity index is 1.66. The fraction of sp³-hybridized carbons (Fsp3) is 0.133. The van der Waals surface area contributed by atoms with E-state index in [1.54, 1.807) is 12.1 Å². The third-order valence-corrected chi connectivity index (χ3v) is 3.86. The number of halogens is 1. The Kier molecular flexibility index (Phi) is 6.48. The highest BCUT2D eigenvalue weighted by atomic mass is 35.7. The van der Waals surface area contributed by atoms with E-state index in [4.69, 9.17) is 20.5 Å². The van der Waals surface area contributed by atoms with Crippen LogP contribution in [0.5, 0.6) is 5.75 Å². The molecule has 0 aromatic heterocycles. The minimum absolute atomic E-state index is 0.00880. The molecule has 2 rings (SSSR count). The van der Waals surface area contributed by atoms with Crippen LogP contribution >= 0.6 is 18.9 Å². The molecule has 110 valence electrons. The highest BCUT2D eigenvalue weighted by Crippen LogP contribution is 2.38. The molecule has 1 unspecified atom stereocenters. The first-order chi connectivity index (χ1) is 10.2. The molecule has 21 heavy (non-hydrogen) atoms. The van der Waals surface area contributed by atoms with Crippen molar-refractivity contribution in [3.8, 4) is 5.75 Å². The Morgan fingerprint density at radius 1 is 1.05 bits per heavy atom. The Bertz CT molecular complexity index is 553. The molecule has 1 N–H and O–H groups in total. The molecule has 0 aliphatic rings. The summed E-state index contributed by atoms with van der Waals surface area (Å²) in [5.74, 6) is 0.285. The van der Waals surface area contributed by atoms with Crippen molar-refractivity contribution >= 4 is 24.9 Å². The number of carbonyl (C=O) groups is 1. The summed E-state index contributed by atoms with van der Waals surface area (Å²) >= 11 is 6.00. The molecule has 0 spiro atoms. The zero-order chi connectivity index (χ0) is 14.9.